The van der Waals surface area contributed by atoms with Gasteiger partial charge in [-0.15, -0.1) is 0 Å². The van der Waals surface area contributed by atoms with E-state index < -0.39 is 0 Å². The smallest absolute Gasteiger partial charge is 0.100 e. The highest BCUT2D eigenvalue weighted by Gasteiger charge is 1.89. The van der Waals surface area contributed by atoms with E-state index in [2.05, 4.69) is 31.9 Å². The van der Waals surface area contributed by atoms with Crippen LogP contribution in [0, 0.1) is 0 Å². The molecule has 0 bridgehead atoms. The van der Waals surface area contributed by atoms with Gasteiger partial charge in [-0.2, -0.15) is 9.98 Å². The minimum atomic E-state index is 0.689. The van der Waals surface area contributed by atoms with Crippen molar-refractivity contribution in [2.24, 2.45) is 9.98 Å². The first kappa shape index (κ1) is 12.1. The SMILES string of the molecule is Clc1ccc(N=C=Nc2ccc(Br)cc2)cc1. The maximum absolute atomic E-state index is 5.77. The third-order valence-electron chi connectivity index (χ3n) is 2.01. The van der Waals surface area contributed by atoms with Gasteiger partial charge in [-0.1, -0.05) is 27.5 Å². The predicted octanol–water partition coefficient (Wildman–Crippen LogP) is 5.24. The normalized spacial score (nSPS) is 9.53. The predicted molar refractivity (Wildman–Crippen MR) is 74.8 cm³/mol. The van der Waals surface area contributed by atoms with E-state index in [9.17, 15) is 0 Å². The van der Waals surface area contributed by atoms with E-state index in [0.29, 0.717) is 5.02 Å². The van der Waals surface area contributed by atoms with E-state index in [-0.39, 0.29) is 0 Å². The molecule has 2 nitrogen and oxygen atoms in total. The highest BCUT2D eigenvalue weighted by atomic mass is 79.9. The Hall–Kier alpha value is -1.41. The maximum atomic E-state index is 5.77. The van der Waals surface area contributed by atoms with E-state index in [1.165, 1.54) is 0 Å². The fraction of sp³-hybridized carbons (Fsp3) is 0. The van der Waals surface area contributed by atoms with Crippen LogP contribution in [-0.4, -0.2) is 6.01 Å². The van der Waals surface area contributed by atoms with Gasteiger partial charge in [0.05, 0.1) is 11.4 Å². The van der Waals surface area contributed by atoms with Crippen molar-refractivity contribution in [3.8, 4) is 0 Å². The molecule has 0 atom stereocenters. The number of halogens is 2. The van der Waals surface area contributed by atoms with Gasteiger partial charge in [0.25, 0.3) is 0 Å². The molecule has 2 aromatic rings. The summed E-state index contributed by atoms with van der Waals surface area (Å²) in [5.74, 6) is 0. The van der Waals surface area contributed by atoms with Crippen LogP contribution < -0.4 is 0 Å². The van der Waals surface area contributed by atoms with Crippen molar-refractivity contribution in [3.05, 3.63) is 58.0 Å². The molecule has 0 amide bonds. The standard InChI is InChI=1S/C13H8BrClN2/c14-10-1-5-12(6-2-10)16-9-17-13-7-3-11(15)4-8-13/h1-8H. The van der Waals surface area contributed by atoms with Crippen LogP contribution in [0.4, 0.5) is 11.4 Å². The molecule has 0 unspecified atom stereocenters. The molecule has 84 valence electrons. The summed E-state index contributed by atoms with van der Waals surface area (Å²) in [5.41, 5.74) is 1.58. The Balaban J connectivity index is 2.14. The lowest BCUT2D eigenvalue weighted by atomic mass is 10.3. The van der Waals surface area contributed by atoms with E-state index in [1.807, 2.05) is 36.4 Å². The van der Waals surface area contributed by atoms with E-state index in [0.717, 1.165) is 15.8 Å². The zero-order valence-electron chi connectivity index (χ0n) is 8.77. The fourth-order valence-electron chi connectivity index (χ4n) is 1.17. The summed E-state index contributed by atoms with van der Waals surface area (Å²) in [5, 5.41) is 0.689. The average molecular weight is 308 g/mol. The Bertz CT molecular complexity index is 505. The molecule has 2 aromatic carbocycles. The summed E-state index contributed by atoms with van der Waals surface area (Å²) >= 11 is 9.13. The zero-order chi connectivity index (χ0) is 12.1. The Kier molecular flexibility index (Phi) is 4.10. The number of nitrogens with zero attached hydrogens (tertiary/aromatic N) is 2. The minimum absolute atomic E-state index is 0.689. The van der Waals surface area contributed by atoms with Crippen LogP contribution in [0.1, 0.15) is 0 Å². The van der Waals surface area contributed by atoms with Crippen molar-refractivity contribution in [3.63, 3.8) is 0 Å². The first-order valence-electron chi connectivity index (χ1n) is 4.92. The van der Waals surface area contributed by atoms with Crippen molar-refractivity contribution in [2.45, 2.75) is 0 Å². The van der Waals surface area contributed by atoms with Crippen LogP contribution in [0.3, 0.4) is 0 Å². The van der Waals surface area contributed by atoms with Gasteiger partial charge in [-0.25, -0.2) is 0 Å². The molecular formula is C13H8BrClN2. The first-order chi connectivity index (χ1) is 8.24. The molecule has 0 fully saturated rings. The van der Waals surface area contributed by atoms with Crippen molar-refractivity contribution in [2.75, 3.05) is 0 Å². The molecule has 0 spiro atoms. The summed E-state index contributed by atoms with van der Waals surface area (Å²) in [7, 11) is 0. The number of hydrogen-bond acceptors (Lipinski definition) is 2. The maximum Gasteiger partial charge on any atom is 0.100 e. The van der Waals surface area contributed by atoms with E-state index >= 15 is 0 Å². The van der Waals surface area contributed by atoms with Gasteiger partial charge in [-0.3, -0.25) is 0 Å². The first-order valence-corrected chi connectivity index (χ1v) is 6.09. The van der Waals surface area contributed by atoms with Gasteiger partial charge in [0.15, 0.2) is 0 Å². The number of rotatable bonds is 2. The van der Waals surface area contributed by atoms with Crippen LogP contribution in [0.2, 0.25) is 5.02 Å². The van der Waals surface area contributed by atoms with Crippen molar-refractivity contribution >= 4 is 44.9 Å². The lowest BCUT2D eigenvalue weighted by Gasteiger charge is -1.91. The number of aliphatic imine (C=N–C) groups is 2. The topological polar surface area (TPSA) is 24.7 Å². The second-order valence-electron chi connectivity index (χ2n) is 3.28. The van der Waals surface area contributed by atoms with Crippen LogP contribution in [0.15, 0.2) is 63.0 Å². The van der Waals surface area contributed by atoms with Crippen LogP contribution in [0.5, 0.6) is 0 Å². The number of hydrogen-bond donors (Lipinski definition) is 0. The molecule has 4 heteroatoms. The van der Waals surface area contributed by atoms with Gasteiger partial charge >= 0.3 is 0 Å². The Morgan fingerprint density at radius 3 is 1.82 bits per heavy atom. The fourth-order valence-corrected chi connectivity index (χ4v) is 1.56. The molecule has 0 radical (unpaired) electrons. The molecule has 0 aliphatic rings. The Labute approximate surface area is 113 Å². The summed E-state index contributed by atoms with van der Waals surface area (Å²) in [6.45, 7) is 0. The summed E-state index contributed by atoms with van der Waals surface area (Å²) in [6.07, 6.45) is 0. The van der Waals surface area contributed by atoms with Gasteiger partial charge in [0.1, 0.15) is 6.01 Å². The third kappa shape index (κ3) is 3.82. The van der Waals surface area contributed by atoms with Gasteiger partial charge in [0.2, 0.25) is 0 Å². The third-order valence-corrected chi connectivity index (χ3v) is 2.79. The Morgan fingerprint density at radius 1 is 0.824 bits per heavy atom. The molecule has 0 N–H and O–H groups in total. The lowest BCUT2D eigenvalue weighted by molar-refractivity contribution is 1.48. The second-order valence-corrected chi connectivity index (χ2v) is 4.63. The monoisotopic (exact) mass is 306 g/mol. The van der Waals surface area contributed by atoms with Gasteiger partial charge in [-0.05, 0) is 48.5 Å². The molecule has 17 heavy (non-hydrogen) atoms. The molecule has 2 rings (SSSR count). The van der Waals surface area contributed by atoms with Crippen molar-refractivity contribution in [1.29, 1.82) is 0 Å². The highest BCUT2D eigenvalue weighted by Crippen LogP contribution is 2.17. The van der Waals surface area contributed by atoms with Crippen molar-refractivity contribution in [1.82, 2.24) is 0 Å². The molecule has 0 aromatic heterocycles. The van der Waals surface area contributed by atoms with Crippen molar-refractivity contribution < 1.29 is 0 Å². The highest BCUT2D eigenvalue weighted by molar-refractivity contribution is 9.10. The molecule has 0 saturated heterocycles. The molecule has 0 aliphatic carbocycles. The quantitative estimate of drug-likeness (QED) is 0.678. The van der Waals surface area contributed by atoms with E-state index in [1.54, 1.807) is 12.1 Å². The van der Waals surface area contributed by atoms with Crippen LogP contribution in [0.25, 0.3) is 0 Å². The Morgan fingerprint density at radius 2 is 1.29 bits per heavy atom. The lowest BCUT2D eigenvalue weighted by Crippen LogP contribution is -1.66. The molecular weight excluding hydrogens is 300 g/mol. The van der Waals surface area contributed by atoms with E-state index in [4.69, 9.17) is 11.6 Å². The van der Waals surface area contributed by atoms with Crippen LogP contribution in [-0.2, 0) is 0 Å². The molecule has 0 heterocycles. The minimum Gasteiger partial charge on any atom is -0.188 e. The van der Waals surface area contributed by atoms with Gasteiger partial charge in [0, 0.05) is 9.50 Å². The summed E-state index contributed by atoms with van der Waals surface area (Å²) in [4.78, 5) is 8.17. The average Bonchev–Trinajstić information content (AvgIpc) is 2.34. The second kappa shape index (κ2) is 5.78. The largest absolute Gasteiger partial charge is 0.188 e. The molecule has 0 saturated carbocycles. The zero-order valence-corrected chi connectivity index (χ0v) is 11.1. The summed E-state index contributed by atoms with van der Waals surface area (Å²) in [6, 6.07) is 17.4. The van der Waals surface area contributed by atoms with Crippen LogP contribution >= 0.6 is 27.5 Å². The molecule has 0 aliphatic heterocycles. The number of benzene rings is 2. The summed E-state index contributed by atoms with van der Waals surface area (Å²) < 4.78 is 1.02. The van der Waals surface area contributed by atoms with Gasteiger partial charge < -0.3 is 0 Å².